The Bertz CT molecular complexity index is 914. The number of nitrogens with zero attached hydrogens (tertiary/aromatic N) is 2. The molecule has 1 amide bonds. The molecule has 130 valence electrons. The van der Waals surface area contributed by atoms with Gasteiger partial charge in [0.15, 0.2) is 0 Å². The van der Waals surface area contributed by atoms with Crippen molar-refractivity contribution >= 4 is 16.8 Å². The number of methoxy groups -OCH3 is 1. The van der Waals surface area contributed by atoms with Crippen LogP contribution in [0.1, 0.15) is 28.7 Å². The number of hydrogen-bond donors (Lipinski definition) is 1. The number of ether oxygens (including phenoxy) is 1. The molecule has 0 bridgehead atoms. The van der Waals surface area contributed by atoms with E-state index in [2.05, 4.69) is 10.3 Å². The van der Waals surface area contributed by atoms with Gasteiger partial charge in [-0.05, 0) is 49.7 Å². The number of aromatic nitrogens is 2. The number of nitrogens with one attached hydrogen (secondary N) is 1. The summed E-state index contributed by atoms with van der Waals surface area (Å²) in [5, 5.41) is 4.06. The second-order valence-electron chi connectivity index (χ2n) is 6.36. The van der Waals surface area contributed by atoms with Gasteiger partial charge in [0, 0.05) is 42.3 Å². The highest BCUT2D eigenvalue weighted by Gasteiger charge is 2.16. The smallest absolute Gasteiger partial charge is 0.268 e. The third-order valence-corrected chi connectivity index (χ3v) is 4.48. The molecule has 25 heavy (non-hydrogen) atoms. The van der Waals surface area contributed by atoms with Gasteiger partial charge in [0.1, 0.15) is 11.4 Å². The number of rotatable bonds is 5. The van der Waals surface area contributed by atoms with Crippen molar-refractivity contribution in [3.63, 3.8) is 0 Å². The summed E-state index contributed by atoms with van der Waals surface area (Å²) in [5.74, 6) is 0.697. The van der Waals surface area contributed by atoms with E-state index in [9.17, 15) is 4.79 Å². The van der Waals surface area contributed by atoms with Crippen molar-refractivity contribution in [1.82, 2.24) is 14.9 Å². The Morgan fingerprint density at radius 3 is 2.84 bits per heavy atom. The topological polar surface area (TPSA) is 56.1 Å². The summed E-state index contributed by atoms with van der Waals surface area (Å²) in [4.78, 5) is 17.1. The van der Waals surface area contributed by atoms with Crippen LogP contribution in [0.5, 0.6) is 5.75 Å². The molecule has 2 aromatic heterocycles. The van der Waals surface area contributed by atoms with Gasteiger partial charge in [-0.2, -0.15) is 0 Å². The summed E-state index contributed by atoms with van der Waals surface area (Å²) in [6, 6.07) is 11.6. The first kappa shape index (κ1) is 17.0. The Morgan fingerprint density at radius 1 is 1.32 bits per heavy atom. The number of amides is 1. The molecule has 5 heteroatoms. The molecule has 5 nitrogen and oxygen atoms in total. The molecule has 0 aliphatic rings. The lowest BCUT2D eigenvalue weighted by Crippen LogP contribution is -2.35. The van der Waals surface area contributed by atoms with Crippen molar-refractivity contribution in [3.05, 3.63) is 59.5 Å². The van der Waals surface area contributed by atoms with Crippen LogP contribution in [0.25, 0.3) is 10.9 Å². The number of benzene rings is 1. The van der Waals surface area contributed by atoms with E-state index in [4.69, 9.17) is 4.74 Å². The zero-order chi connectivity index (χ0) is 18.0. The Labute approximate surface area is 147 Å². The van der Waals surface area contributed by atoms with Crippen LogP contribution in [0, 0.1) is 6.92 Å². The largest absolute Gasteiger partial charge is 0.497 e. The standard InChI is InChI=1S/C20H23N3O2/c1-13-6-5-9-21-17(13)10-14(2)22-20(24)19-12-15-11-16(25-4)7-8-18(15)23(19)3/h5-9,11-12,14H,10H2,1-4H3,(H,22,24)/t14-/m0/s1. The maximum Gasteiger partial charge on any atom is 0.268 e. The summed E-state index contributed by atoms with van der Waals surface area (Å²) in [5.41, 5.74) is 3.78. The van der Waals surface area contributed by atoms with Gasteiger partial charge in [0.25, 0.3) is 5.91 Å². The zero-order valence-electron chi connectivity index (χ0n) is 15.0. The van der Waals surface area contributed by atoms with Gasteiger partial charge in [-0.25, -0.2) is 0 Å². The first-order valence-electron chi connectivity index (χ1n) is 8.34. The molecule has 0 fully saturated rings. The maximum atomic E-state index is 12.7. The first-order chi connectivity index (χ1) is 12.0. The van der Waals surface area contributed by atoms with Gasteiger partial charge < -0.3 is 14.6 Å². The number of pyridine rings is 1. The highest BCUT2D eigenvalue weighted by molar-refractivity contribution is 5.99. The van der Waals surface area contributed by atoms with Crippen LogP contribution in [0.4, 0.5) is 0 Å². The van der Waals surface area contributed by atoms with E-state index in [0.717, 1.165) is 27.9 Å². The minimum absolute atomic E-state index is 0.00588. The molecule has 0 saturated carbocycles. The zero-order valence-corrected chi connectivity index (χ0v) is 15.0. The molecule has 1 atom stereocenters. The fourth-order valence-corrected chi connectivity index (χ4v) is 3.04. The van der Waals surface area contributed by atoms with Crippen molar-refractivity contribution in [1.29, 1.82) is 0 Å². The van der Waals surface area contributed by atoms with Gasteiger partial charge in [-0.3, -0.25) is 9.78 Å². The predicted octanol–water partition coefficient (Wildman–Crippen LogP) is 3.25. The van der Waals surface area contributed by atoms with Crippen molar-refractivity contribution in [2.24, 2.45) is 7.05 Å². The van der Waals surface area contributed by atoms with Crippen molar-refractivity contribution in [2.75, 3.05) is 7.11 Å². The minimum atomic E-state index is -0.0845. The molecule has 1 N–H and O–H groups in total. The second kappa shape index (κ2) is 6.97. The summed E-state index contributed by atoms with van der Waals surface area (Å²) in [6.45, 7) is 4.03. The number of aryl methyl sites for hydroxylation is 2. The van der Waals surface area contributed by atoms with Gasteiger partial charge in [0.05, 0.1) is 7.11 Å². The van der Waals surface area contributed by atoms with Crippen molar-refractivity contribution in [3.8, 4) is 5.75 Å². The highest BCUT2D eigenvalue weighted by Crippen LogP contribution is 2.23. The molecule has 0 saturated heterocycles. The van der Waals surface area contributed by atoms with Crippen LogP contribution in [0.15, 0.2) is 42.6 Å². The van der Waals surface area contributed by atoms with Gasteiger partial charge in [-0.15, -0.1) is 0 Å². The van der Waals surface area contributed by atoms with Crippen LogP contribution in [0.2, 0.25) is 0 Å². The summed E-state index contributed by atoms with van der Waals surface area (Å²) in [6.07, 6.45) is 2.49. The quantitative estimate of drug-likeness (QED) is 0.777. The fraction of sp³-hybridized carbons (Fsp3) is 0.300. The van der Waals surface area contributed by atoms with Crippen LogP contribution in [0.3, 0.4) is 0 Å². The van der Waals surface area contributed by atoms with Crippen LogP contribution in [-0.2, 0) is 13.5 Å². The SMILES string of the molecule is COc1ccc2c(c1)cc(C(=O)N[C@@H](C)Cc1ncccc1C)n2C. The number of hydrogen-bond acceptors (Lipinski definition) is 3. The average molecular weight is 337 g/mol. The van der Waals surface area contributed by atoms with Crippen LogP contribution < -0.4 is 10.1 Å². The summed E-state index contributed by atoms with van der Waals surface area (Å²) in [7, 11) is 3.54. The molecule has 0 spiro atoms. The van der Waals surface area contributed by atoms with E-state index >= 15 is 0 Å². The van der Waals surface area contributed by atoms with Gasteiger partial charge in [-0.1, -0.05) is 6.07 Å². The monoisotopic (exact) mass is 337 g/mol. The lowest BCUT2D eigenvalue weighted by Gasteiger charge is -2.15. The molecule has 3 rings (SSSR count). The van der Waals surface area contributed by atoms with Crippen LogP contribution >= 0.6 is 0 Å². The maximum absolute atomic E-state index is 12.7. The minimum Gasteiger partial charge on any atom is -0.497 e. The lowest BCUT2D eigenvalue weighted by atomic mass is 10.1. The van der Waals surface area contributed by atoms with Gasteiger partial charge in [0.2, 0.25) is 0 Å². The number of carbonyl (C=O) groups is 1. The second-order valence-corrected chi connectivity index (χ2v) is 6.36. The summed E-state index contributed by atoms with van der Waals surface area (Å²) < 4.78 is 7.16. The van der Waals surface area contributed by atoms with E-state index in [1.54, 1.807) is 13.3 Å². The van der Waals surface area contributed by atoms with E-state index in [1.807, 2.05) is 61.9 Å². The Kier molecular flexibility index (Phi) is 4.74. The molecule has 2 heterocycles. The molecular weight excluding hydrogens is 314 g/mol. The molecule has 1 aromatic carbocycles. The molecule has 3 aromatic rings. The molecular formula is C20H23N3O2. The van der Waals surface area contributed by atoms with Crippen molar-refractivity contribution < 1.29 is 9.53 Å². The number of fused-ring (bicyclic) bond motifs is 1. The Balaban J connectivity index is 1.77. The normalized spacial score (nSPS) is 12.2. The van der Waals surface area contributed by atoms with Crippen LogP contribution in [-0.4, -0.2) is 28.6 Å². The average Bonchev–Trinajstić information content (AvgIpc) is 2.93. The van der Waals surface area contributed by atoms with Crippen molar-refractivity contribution in [2.45, 2.75) is 26.3 Å². The van der Waals surface area contributed by atoms with E-state index in [0.29, 0.717) is 12.1 Å². The third kappa shape index (κ3) is 3.50. The highest BCUT2D eigenvalue weighted by atomic mass is 16.5. The van der Waals surface area contributed by atoms with E-state index in [1.165, 1.54) is 0 Å². The molecule has 0 aliphatic heterocycles. The number of carbonyl (C=O) groups excluding carboxylic acids is 1. The van der Waals surface area contributed by atoms with Gasteiger partial charge >= 0.3 is 0 Å². The predicted molar refractivity (Wildman–Crippen MR) is 99.1 cm³/mol. The molecule has 0 unspecified atom stereocenters. The Morgan fingerprint density at radius 2 is 2.12 bits per heavy atom. The van der Waals surface area contributed by atoms with E-state index in [-0.39, 0.29) is 11.9 Å². The third-order valence-electron chi connectivity index (χ3n) is 4.48. The van der Waals surface area contributed by atoms with E-state index < -0.39 is 0 Å². The fourth-order valence-electron chi connectivity index (χ4n) is 3.04. The molecule has 0 radical (unpaired) electrons. The lowest BCUT2D eigenvalue weighted by molar-refractivity contribution is 0.0932. The first-order valence-corrected chi connectivity index (χ1v) is 8.34. The summed E-state index contributed by atoms with van der Waals surface area (Å²) >= 11 is 0. The molecule has 0 aliphatic carbocycles. The Hall–Kier alpha value is -2.82.